The number of amides is 1. The number of benzene rings is 1. The second kappa shape index (κ2) is 7.31. The third-order valence-corrected chi connectivity index (χ3v) is 4.59. The second-order valence-corrected chi connectivity index (χ2v) is 6.51. The smallest absolute Gasteiger partial charge is 0.224 e. The lowest BCUT2D eigenvalue weighted by Gasteiger charge is -2.11. The molecule has 2 aromatic heterocycles. The maximum Gasteiger partial charge on any atom is 0.224 e. The van der Waals surface area contributed by atoms with E-state index in [4.69, 9.17) is 4.42 Å². The number of carbonyl (C=O) groups is 1. The third-order valence-electron chi connectivity index (χ3n) is 3.58. The summed E-state index contributed by atoms with van der Waals surface area (Å²) in [7, 11) is 0. The standard InChI is InChI=1S/C18H19N3O2S/c1-3-17(22)21-13-7-6-12(2)15(9-13)19-10-14-11-20-18(24-14)16-5-4-8-23-16/h4-9,11,19H,3,10H2,1-2H3,(H,21,22). The second-order valence-electron chi connectivity index (χ2n) is 5.39. The molecule has 2 N–H and O–H groups in total. The molecule has 24 heavy (non-hydrogen) atoms. The van der Waals surface area contributed by atoms with Crippen LogP contribution < -0.4 is 10.6 Å². The van der Waals surface area contributed by atoms with E-state index in [2.05, 4.69) is 15.6 Å². The zero-order valence-corrected chi connectivity index (χ0v) is 14.4. The SMILES string of the molecule is CCC(=O)Nc1ccc(C)c(NCc2cnc(-c3ccco3)s2)c1. The normalized spacial score (nSPS) is 10.6. The quantitative estimate of drug-likeness (QED) is 0.683. The first-order chi connectivity index (χ1) is 11.7. The summed E-state index contributed by atoms with van der Waals surface area (Å²) in [6, 6.07) is 9.62. The van der Waals surface area contributed by atoms with Crippen LogP contribution in [0.5, 0.6) is 0 Å². The van der Waals surface area contributed by atoms with Gasteiger partial charge in [-0.15, -0.1) is 11.3 Å². The molecule has 3 rings (SSSR count). The number of rotatable bonds is 6. The summed E-state index contributed by atoms with van der Waals surface area (Å²) in [4.78, 5) is 17.0. The molecule has 0 saturated heterocycles. The Morgan fingerprint density at radius 3 is 2.96 bits per heavy atom. The van der Waals surface area contributed by atoms with Gasteiger partial charge in [0.15, 0.2) is 10.8 Å². The van der Waals surface area contributed by atoms with Crippen LogP contribution in [0.15, 0.2) is 47.2 Å². The molecule has 6 heteroatoms. The number of hydrogen-bond acceptors (Lipinski definition) is 5. The first-order valence-corrected chi connectivity index (χ1v) is 8.60. The predicted octanol–water partition coefficient (Wildman–Crippen LogP) is 4.67. The largest absolute Gasteiger partial charge is 0.462 e. The summed E-state index contributed by atoms with van der Waals surface area (Å²) in [6.07, 6.45) is 3.97. The molecule has 0 unspecified atom stereocenters. The van der Waals surface area contributed by atoms with Crippen molar-refractivity contribution in [3.63, 3.8) is 0 Å². The maximum atomic E-state index is 11.5. The van der Waals surface area contributed by atoms with Gasteiger partial charge in [0.25, 0.3) is 0 Å². The molecule has 3 aromatic rings. The molecule has 124 valence electrons. The van der Waals surface area contributed by atoms with E-state index in [0.29, 0.717) is 13.0 Å². The zero-order chi connectivity index (χ0) is 16.9. The van der Waals surface area contributed by atoms with Crippen LogP contribution in [-0.4, -0.2) is 10.9 Å². The van der Waals surface area contributed by atoms with Crippen molar-refractivity contribution < 1.29 is 9.21 Å². The molecular formula is C18H19N3O2S. The number of aromatic nitrogens is 1. The van der Waals surface area contributed by atoms with E-state index in [1.54, 1.807) is 17.6 Å². The fourth-order valence-electron chi connectivity index (χ4n) is 2.23. The van der Waals surface area contributed by atoms with Crippen molar-refractivity contribution in [3.05, 3.63) is 53.2 Å². The molecule has 2 heterocycles. The van der Waals surface area contributed by atoms with Gasteiger partial charge in [-0.3, -0.25) is 4.79 Å². The monoisotopic (exact) mass is 341 g/mol. The average Bonchev–Trinajstić information content (AvgIpc) is 3.26. The fourth-order valence-corrected chi connectivity index (χ4v) is 3.05. The molecule has 0 bridgehead atoms. The molecule has 0 atom stereocenters. The van der Waals surface area contributed by atoms with Gasteiger partial charge in [-0.25, -0.2) is 4.98 Å². The Kier molecular flexibility index (Phi) is 4.96. The van der Waals surface area contributed by atoms with Gasteiger partial charge in [0.2, 0.25) is 5.91 Å². The molecule has 0 radical (unpaired) electrons. The van der Waals surface area contributed by atoms with Gasteiger partial charge in [0.05, 0.1) is 12.8 Å². The number of hydrogen-bond donors (Lipinski definition) is 2. The van der Waals surface area contributed by atoms with Crippen molar-refractivity contribution in [2.24, 2.45) is 0 Å². The first kappa shape index (κ1) is 16.3. The molecule has 1 amide bonds. The van der Waals surface area contributed by atoms with Crippen LogP contribution in [-0.2, 0) is 11.3 Å². The highest BCUT2D eigenvalue weighted by Crippen LogP contribution is 2.27. The number of carbonyl (C=O) groups excluding carboxylic acids is 1. The number of nitrogens with one attached hydrogen (secondary N) is 2. The zero-order valence-electron chi connectivity index (χ0n) is 13.6. The number of anilines is 2. The van der Waals surface area contributed by atoms with E-state index in [1.807, 2.05) is 50.4 Å². The molecular weight excluding hydrogens is 322 g/mol. The van der Waals surface area contributed by atoms with Crippen molar-refractivity contribution in [2.45, 2.75) is 26.8 Å². The number of aryl methyl sites for hydroxylation is 1. The average molecular weight is 341 g/mol. The van der Waals surface area contributed by atoms with Crippen molar-refractivity contribution >= 4 is 28.6 Å². The van der Waals surface area contributed by atoms with Gasteiger partial charge in [0, 0.05) is 28.9 Å². The lowest BCUT2D eigenvalue weighted by molar-refractivity contribution is -0.115. The highest BCUT2D eigenvalue weighted by molar-refractivity contribution is 7.14. The first-order valence-electron chi connectivity index (χ1n) is 7.78. The third kappa shape index (κ3) is 3.83. The van der Waals surface area contributed by atoms with E-state index in [9.17, 15) is 4.79 Å². The lowest BCUT2D eigenvalue weighted by atomic mass is 10.1. The molecule has 1 aromatic carbocycles. The Bertz CT molecular complexity index is 825. The van der Waals surface area contributed by atoms with Crippen LogP contribution in [0.4, 0.5) is 11.4 Å². The summed E-state index contributed by atoms with van der Waals surface area (Å²) in [6.45, 7) is 4.54. The minimum Gasteiger partial charge on any atom is -0.462 e. The Morgan fingerprint density at radius 2 is 2.21 bits per heavy atom. The Morgan fingerprint density at radius 1 is 1.33 bits per heavy atom. The van der Waals surface area contributed by atoms with Crippen molar-refractivity contribution in [2.75, 3.05) is 10.6 Å². The summed E-state index contributed by atoms with van der Waals surface area (Å²) in [5.74, 6) is 0.794. The molecule has 0 aliphatic rings. The predicted molar refractivity (Wildman–Crippen MR) is 97.2 cm³/mol. The van der Waals surface area contributed by atoms with Gasteiger partial charge < -0.3 is 15.1 Å². The fraction of sp³-hybridized carbons (Fsp3) is 0.222. The summed E-state index contributed by atoms with van der Waals surface area (Å²) in [5.41, 5.74) is 2.92. The Hall–Kier alpha value is -2.60. The van der Waals surface area contributed by atoms with Crippen LogP contribution in [0.2, 0.25) is 0 Å². The van der Waals surface area contributed by atoms with Gasteiger partial charge in [-0.1, -0.05) is 13.0 Å². The summed E-state index contributed by atoms with van der Waals surface area (Å²) >= 11 is 1.60. The van der Waals surface area contributed by atoms with E-state index in [0.717, 1.165) is 32.6 Å². The number of thiazole rings is 1. The van der Waals surface area contributed by atoms with Crippen LogP contribution in [0.1, 0.15) is 23.8 Å². The minimum absolute atomic E-state index is 0.00958. The lowest BCUT2D eigenvalue weighted by Crippen LogP contribution is -2.10. The molecule has 5 nitrogen and oxygen atoms in total. The van der Waals surface area contributed by atoms with E-state index in [-0.39, 0.29) is 5.91 Å². The minimum atomic E-state index is 0.00958. The highest BCUT2D eigenvalue weighted by Gasteiger charge is 2.08. The van der Waals surface area contributed by atoms with E-state index >= 15 is 0 Å². The molecule has 0 fully saturated rings. The molecule has 0 aliphatic heterocycles. The number of nitrogens with zero attached hydrogens (tertiary/aromatic N) is 1. The van der Waals surface area contributed by atoms with Gasteiger partial charge in [-0.05, 0) is 36.8 Å². The number of furan rings is 1. The van der Waals surface area contributed by atoms with E-state index < -0.39 is 0 Å². The molecule has 0 aliphatic carbocycles. The van der Waals surface area contributed by atoms with Gasteiger partial charge in [-0.2, -0.15) is 0 Å². The summed E-state index contributed by atoms with van der Waals surface area (Å²) < 4.78 is 5.37. The van der Waals surface area contributed by atoms with Crippen LogP contribution in [0.3, 0.4) is 0 Å². The van der Waals surface area contributed by atoms with Crippen molar-refractivity contribution in [1.29, 1.82) is 0 Å². The summed E-state index contributed by atoms with van der Waals surface area (Å²) in [5, 5.41) is 7.16. The Labute approximate surface area is 144 Å². The Balaban J connectivity index is 1.68. The topological polar surface area (TPSA) is 67.2 Å². The van der Waals surface area contributed by atoms with Gasteiger partial charge >= 0.3 is 0 Å². The van der Waals surface area contributed by atoms with Crippen molar-refractivity contribution in [1.82, 2.24) is 4.98 Å². The van der Waals surface area contributed by atoms with Gasteiger partial charge in [0.1, 0.15) is 0 Å². The highest BCUT2D eigenvalue weighted by atomic mass is 32.1. The van der Waals surface area contributed by atoms with E-state index in [1.165, 1.54) is 0 Å². The van der Waals surface area contributed by atoms with Crippen molar-refractivity contribution in [3.8, 4) is 10.8 Å². The van der Waals surface area contributed by atoms with Crippen LogP contribution in [0.25, 0.3) is 10.8 Å². The maximum absolute atomic E-state index is 11.5. The van der Waals surface area contributed by atoms with Crippen LogP contribution in [0, 0.1) is 6.92 Å². The molecule has 0 saturated carbocycles. The van der Waals surface area contributed by atoms with Crippen LogP contribution >= 0.6 is 11.3 Å². The molecule has 0 spiro atoms.